The van der Waals surface area contributed by atoms with Gasteiger partial charge in [0.1, 0.15) is 18.3 Å². The minimum Gasteiger partial charge on any atom is -0.451 e. The van der Waals surface area contributed by atoms with Gasteiger partial charge in [-0.15, -0.1) is 0 Å². The average molecular weight is 326 g/mol. The van der Waals surface area contributed by atoms with E-state index < -0.39 is 53.6 Å². The Balaban J connectivity index is 1.89. The number of ether oxygens (including phenoxy) is 2. The number of rotatable bonds is 2. The summed E-state index contributed by atoms with van der Waals surface area (Å²) in [4.78, 5) is 48.0. The van der Waals surface area contributed by atoms with Gasteiger partial charge >= 0.3 is 11.7 Å². The molecule has 0 amide bonds. The number of cyclic esters (lactones) is 1. The van der Waals surface area contributed by atoms with Gasteiger partial charge in [0, 0.05) is 18.7 Å². The van der Waals surface area contributed by atoms with Crippen LogP contribution in [0.5, 0.6) is 0 Å². The Kier molecular flexibility index (Phi) is 3.88. The number of carbonyl (C=O) groups is 2. The fourth-order valence-corrected chi connectivity index (χ4v) is 2.68. The lowest BCUT2D eigenvalue weighted by molar-refractivity contribution is -0.175. The summed E-state index contributed by atoms with van der Waals surface area (Å²) in [5.74, 6) is -1.04. The van der Waals surface area contributed by atoms with Crippen LogP contribution in [-0.4, -0.2) is 55.9 Å². The van der Waals surface area contributed by atoms with Crippen molar-refractivity contribution in [2.45, 2.75) is 43.5 Å². The average Bonchev–Trinajstić information content (AvgIpc) is 2.78. The lowest BCUT2D eigenvalue weighted by Crippen LogP contribution is -2.47. The summed E-state index contributed by atoms with van der Waals surface area (Å²) in [5.41, 5.74) is -1.48. The quantitative estimate of drug-likeness (QED) is 0.502. The molecule has 0 saturated carbocycles. The number of Topliss-reactive ketones (excluding diaryl/α,β-unsaturated/α-hetero) is 1. The summed E-state index contributed by atoms with van der Waals surface area (Å²) < 4.78 is 11.2. The summed E-state index contributed by atoms with van der Waals surface area (Å²) in [6.07, 6.45) is -6.06. The number of aliphatic hydroxyl groups is 2. The zero-order valence-electron chi connectivity index (χ0n) is 11.7. The molecular formula is C13H14N2O8. The Hall–Kier alpha value is -2.30. The molecule has 0 bridgehead atoms. The third-order valence-corrected chi connectivity index (χ3v) is 3.85. The first-order chi connectivity index (χ1) is 10.9. The van der Waals surface area contributed by atoms with E-state index >= 15 is 0 Å². The fraction of sp³-hybridized carbons (Fsp3) is 0.538. The number of esters is 1. The van der Waals surface area contributed by atoms with Crippen molar-refractivity contribution in [1.82, 2.24) is 9.55 Å². The van der Waals surface area contributed by atoms with Gasteiger partial charge in [-0.3, -0.25) is 23.9 Å². The van der Waals surface area contributed by atoms with Crippen molar-refractivity contribution in [3.05, 3.63) is 33.1 Å². The summed E-state index contributed by atoms with van der Waals surface area (Å²) in [6, 6.07) is 1.04. The van der Waals surface area contributed by atoms with Crippen molar-refractivity contribution >= 4 is 11.8 Å². The SMILES string of the molecule is O=C1CCC(=O)C([C@H]2O[C@@H](n3ccc(=O)[nH]c3=O)[C@H](O)[C@@H]2O)O1. The molecule has 2 aliphatic heterocycles. The largest absolute Gasteiger partial charge is 0.451 e. The van der Waals surface area contributed by atoms with Gasteiger partial charge in [-0.25, -0.2) is 4.79 Å². The maximum Gasteiger partial charge on any atom is 0.330 e. The molecule has 2 aliphatic rings. The highest BCUT2D eigenvalue weighted by atomic mass is 16.6. The van der Waals surface area contributed by atoms with E-state index in [1.807, 2.05) is 4.98 Å². The summed E-state index contributed by atoms with van der Waals surface area (Å²) >= 11 is 0. The van der Waals surface area contributed by atoms with Crippen LogP contribution in [0.1, 0.15) is 19.1 Å². The second kappa shape index (κ2) is 5.72. The molecule has 3 heterocycles. The number of ketones is 1. The van der Waals surface area contributed by atoms with E-state index in [-0.39, 0.29) is 12.8 Å². The summed E-state index contributed by atoms with van der Waals surface area (Å²) in [5, 5.41) is 20.2. The van der Waals surface area contributed by atoms with Gasteiger partial charge in [-0.2, -0.15) is 0 Å². The van der Waals surface area contributed by atoms with E-state index in [0.29, 0.717) is 0 Å². The summed E-state index contributed by atoms with van der Waals surface area (Å²) in [7, 11) is 0. The number of nitrogens with one attached hydrogen (secondary N) is 1. The van der Waals surface area contributed by atoms with Crippen molar-refractivity contribution in [2.24, 2.45) is 0 Å². The van der Waals surface area contributed by atoms with Crippen LogP contribution in [0.25, 0.3) is 0 Å². The van der Waals surface area contributed by atoms with E-state index in [4.69, 9.17) is 9.47 Å². The highest BCUT2D eigenvalue weighted by molar-refractivity contribution is 5.91. The smallest absolute Gasteiger partial charge is 0.330 e. The standard InChI is InChI=1S/C13H14N2O8/c16-5-1-2-7(18)22-10(5)11-8(19)9(20)12(23-11)15-4-3-6(17)14-13(15)21/h3-4,8-12,19-20H,1-2H2,(H,14,17,21)/t8-,9+,10?,11-,12+/m0/s1. The van der Waals surface area contributed by atoms with E-state index in [9.17, 15) is 29.4 Å². The number of H-pyrrole nitrogens is 1. The number of carbonyl (C=O) groups excluding carboxylic acids is 2. The maximum atomic E-state index is 11.9. The molecule has 0 radical (unpaired) electrons. The predicted octanol–water partition coefficient (Wildman–Crippen LogP) is -2.57. The Morgan fingerprint density at radius 3 is 2.57 bits per heavy atom. The molecule has 3 rings (SSSR count). The molecule has 2 saturated heterocycles. The van der Waals surface area contributed by atoms with Gasteiger partial charge in [0.25, 0.3) is 5.56 Å². The number of nitrogens with zero attached hydrogens (tertiary/aromatic N) is 1. The first kappa shape index (κ1) is 15.6. The van der Waals surface area contributed by atoms with Gasteiger partial charge < -0.3 is 19.7 Å². The number of hydrogen-bond acceptors (Lipinski definition) is 8. The van der Waals surface area contributed by atoms with Gasteiger partial charge in [0.15, 0.2) is 18.1 Å². The van der Waals surface area contributed by atoms with E-state index in [1.165, 1.54) is 0 Å². The van der Waals surface area contributed by atoms with Crippen molar-refractivity contribution in [1.29, 1.82) is 0 Å². The van der Waals surface area contributed by atoms with Crippen LogP contribution in [0.2, 0.25) is 0 Å². The number of aromatic amines is 1. The third kappa shape index (κ3) is 2.71. The van der Waals surface area contributed by atoms with Gasteiger partial charge in [0.2, 0.25) is 0 Å². The zero-order valence-corrected chi connectivity index (χ0v) is 11.7. The summed E-state index contributed by atoms with van der Waals surface area (Å²) in [6.45, 7) is 0. The van der Waals surface area contributed by atoms with Crippen molar-refractivity contribution in [2.75, 3.05) is 0 Å². The maximum absolute atomic E-state index is 11.9. The van der Waals surface area contributed by atoms with E-state index in [1.54, 1.807) is 0 Å². The predicted molar refractivity (Wildman–Crippen MR) is 71.4 cm³/mol. The van der Waals surface area contributed by atoms with Crippen LogP contribution in [0.4, 0.5) is 0 Å². The molecule has 2 fully saturated rings. The zero-order chi connectivity index (χ0) is 16.7. The van der Waals surface area contributed by atoms with Crippen LogP contribution in [0.3, 0.4) is 0 Å². The molecule has 5 atom stereocenters. The highest BCUT2D eigenvalue weighted by Crippen LogP contribution is 2.32. The molecule has 3 N–H and O–H groups in total. The molecule has 10 heteroatoms. The second-order valence-electron chi connectivity index (χ2n) is 5.37. The lowest BCUT2D eigenvalue weighted by Gasteiger charge is -2.27. The van der Waals surface area contributed by atoms with Crippen LogP contribution in [0, 0.1) is 0 Å². The fourth-order valence-electron chi connectivity index (χ4n) is 2.68. The molecule has 1 aromatic heterocycles. The minimum absolute atomic E-state index is 0.0462. The third-order valence-electron chi connectivity index (χ3n) is 3.85. The Morgan fingerprint density at radius 1 is 1.13 bits per heavy atom. The molecule has 10 nitrogen and oxygen atoms in total. The number of aromatic nitrogens is 2. The molecule has 1 aromatic rings. The topological polar surface area (TPSA) is 148 Å². The molecule has 0 aromatic carbocycles. The van der Waals surface area contributed by atoms with E-state index in [0.717, 1.165) is 16.8 Å². The van der Waals surface area contributed by atoms with Crippen LogP contribution < -0.4 is 11.2 Å². The number of hydrogen-bond donors (Lipinski definition) is 3. The normalized spacial score (nSPS) is 34.4. The van der Waals surface area contributed by atoms with Crippen LogP contribution >= 0.6 is 0 Å². The molecule has 23 heavy (non-hydrogen) atoms. The van der Waals surface area contributed by atoms with E-state index in [2.05, 4.69) is 0 Å². The first-order valence-corrected chi connectivity index (χ1v) is 6.94. The van der Waals surface area contributed by atoms with Crippen LogP contribution in [0.15, 0.2) is 21.9 Å². The molecule has 1 unspecified atom stereocenters. The van der Waals surface area contributed by atoms with Crippen molar-refractivity contribution in [3.63, 3.8) is 0 Å². The van der Waals surface area contributed by atoms with Gasteiger partial charge in [-0.05, 0) is 0 Å². The highest BCUT2D eigenvalue weighted by Gasteiger charge is 2.51. The van der Waals surface area contributed by atoms with Gasteiger partial charge in [-0.1, -0.05) is 0 Å². The van der Waals surface area contributed by atoms with Crippen molar-refractivity contribution < 1.29 is 29.3 Å². The Bertz CT molecular complexity index is 753. The molecule has 124 valence electrons. The molecular weight excluding hydrogens is 312 g/mol. The lowest BCUT2D eigenvalue weighted by atomic mass is 9.98. The first-order valence-electron chi connectivity index (χ1n) is 6.94. The number of aliphatic hydroxyl groups excluding tert-OH is 2. The second-order valence-corrected chi connectivity index (χ2v) is 5.37. The van der Waals surface area contributed by atoms with Gasteiger partial charge in [0.05, 0.1) is 6.42 Å². The molecule has 0 spiro atoms. The Morgan fingerprint density at radius 2 is 1.87 bits per heavy atom. The van der Waals surface area contributed by atoms with Crippen molar-refractivity contribution in [3.8, 4) is 0 Å². The molecule has 0 aliphatic carbocycles. The van der Waals surface area contributed by atoms with Crippen LogP contribution in [-0.2, 0) is 19.1 Å². The minimum atomic E-state index is -1.54. The monoisotopic (exact) mass is 326 g/mol. The Labute approximate surface area is 128 Å².